The smallest absolute Gasteiger partial charge is 0.227 e. The summed E-state index contributed by atoms with van der Waals surface area (Å²) in [6, 6.07) is 6.09. The molecule has 0 bridgehead atoms. The zero-order valence-corrected chi connectivity index (χ0v) is 15.8. The fourth-order valence-corrected chi connectivity index (χ4v) is 2.39. The predicted octanol–water partition coefficient (Wildman–Crippen LogP) is 2.00. The highest BCUT2D eigenvalue weighted by molar-refractivity contribution is 5.84. The highest BCUT2D eigenvalue weighted by Gasteiger charge is 2.27. The molecule has 1 aromatic carbocycles. The second-order valence-corrected chi connectivity index (χ2v) is 6.50. The number of guanidine groups is 1. The minimum atomic E-state index is -0.531. The number of nitrogens with zero attached hydrogens (tertiary/aromatic N) is 1. The molecule has 0 heterocycles. The first-order valence-corrected chi connectivity index (χ1v) is 8.09. The number of carbonyl (C=O) groups excluding carboxylic acids is 1. The van der Waals surface area contributed by atoms with Gasteiger partial charge in [-0.3, -0.25) is 9.79 Å². The summed E-state index contributed by atoms with van der Waals surface area (Å²) in [5.41, 5.74) is 1.70. The molecule has 0 saturated heterocycles. The Labute approximate surface area is 145 Å². The van der Waals surface area contributed by atoms with Crippen LogP contribution in [0.3, 0.4) is 0 Å². The van der Waals surface area contributed by atoms with Gasteiger partial charge in [0.1, 0.15) is 5.75 Å². The minimum absolute atomic E-state index is 0.00849. The maximum absolute atomic E-state index is 11.9. The van der Waals surface area contributed by atoms with Crippen molar-refractivity contribution in [3.8, 4) is 5.75 Å². The molecule has 0 radical (unpaired) electrons. The zero-order valence-electron chi connectivity index (χ0n) is 15.8. The highest BCUT2D eigenvalue weighted by Crippen LogP contribution is 2.26. The number of hydrogen-bond acceptors (Lipinski definition) is 3. The van der Waals surface area contributed by atoms with Gasteiger partial charge >= 0.3 is 0 Å². The predicted molar refractivity (Wildman–Crippen MR) is 98.5 cm³/mol. The van der Waals surface area contributed by atoms with Crippen LogP contribution in [0.15, 0.2) is 23.2 Å². The van der Waals surface area contributed by atoms with Crippen molar-refractivity contribution in [2.24, 2.45) is 10.4 Å². The van der Waals surface area contributed by atoms with Crippen LogP contribution < -0.4 is 20.7 Å². The molecule has 1 aromatic rings. The van der Waals surface area contributed by atoms with Crippen LogP contribution >= 0.6 is 0 Å². The van der Waals surface area contributed by atoms with Crippen molar-refractivity contribution in [3.63, 3.8) is 0 Å². The first kappa shape index (κ1) is 19.8. The van der Waals surface area contributed by atoms with E-state index < -0.39 is 5.41 Å². The first-order valence-electron chi connectivity index (χ1n) is 8.09. The Morgan fingerprint density at radius 3 is 2.58 bits per heavy atom. The molecule has 1 rings (SSSR count). The summed E-state index contributed by atoms with van der Waals surface area (Å²) < 4.78 is 5.44. The van der Waals surface area contributed by atoms with Crippen molar-refractivity contribution < 1.29 is 9.53 Å². The molecule has 1 unspecified atom stereocenters. The summed E-state index contributed by atoms with van der Waals surface area (Å²) in [6.07, 6.45) is 0. The van der Waals surface area contributed by atoms with E-state index in [-0.39, 0.29) is 11.9 Å². The number of benzene rings is 1. The van der Waals surface area contributed by atoms with Crippen molar-refractivity contribution in [3.05, 3.63) is 29.3 Å². The summed E-state index contributed by atoms with van der Waals surface area (Å²) in [5.74, 6) is 1.46. The van der Waals surface area contributed by atoms with E-state index in [4.69, 9.17) is 4.74 Å². The van der Waals surface area contributed by atoms with Crippen LogP contribution in [-0.4, -0.2) is 39.6 Å². The molecular weight excluding hydrogens is 304 g/mol. The number of nitrogens with one attached hydrogen (secondary N) is 3. The van der Waals surface area contributed by atoms with Gasteiger partial charge in [0.05, 0.1) is 18.6 Å². The van der Waals surface area contributed by atoms with Gasteiger partial charge in [0, 0.05) is 26.2 Å². The maximum atomic E-state index is 11.9. The fourth-order valence-electron chi connectivity index (χ4n) is 2.39. The molecule has 3 N–H and O–H groups in total. The minimum Gasteiger partial charge on any atom is -0.496 e. The number of aryl methyl sites for hydroxylation is 1. The van der Waals surface area contributed by atoms with E-state index in [0.717, 1.165) is 11.3 Å². The zero-order chi connectivity index (χ0) is 18.3. The Hall–Kier alpha value is -2.24. The summed E-state index contributed by atoms with van der Waals surface area (Å²) in [7, 11) is 5.02. The number of rotatable bonds is 6. The SMILES string of the molecule is CN=C(NCC(C)(C)C(=O)NC)NC(C)c1cc(C)ccc1OC. The second-order valence-electron chi connectivity index (χ2n) is 6.50. The molecule has 1 atom stereocenters. The summed E-state index contributed by atoms with van der Waals surface area (Å²) in [6.45, 7) is 8.35. The molecule has 0 spiro atoms. The molecule has 1 amide bonds. The van der Waals surface area contributed by atoms with Crippen LogP contribution in [-0.2, 0) is 4.79 Å². The van der Waals surface area contributed by atoms with Crippen molar-refractivity contribution in [2.75, 3.05) is 27.7 Å². The standard InChI is InChI=1S/C18H30N4O2/c1-12-8-9-15(24-7)14(10-12)13(2)22-17(20-6)21-11-18(3,4)16(23)19-5/h8-10,13H,11H2,1-7H3,(H,19,23)(H2,20,21,22). The van der Waals surface area contributed by atoms with Crippen molar-refractivity contribution >= 4 is 11.9 Å². The molecule has 6 heteroatoms. The van der Waals surface area contributed by atoms with Crippen LogP contribution in [0.4, 0.5) is 0 Å². The largest absolute Gasteiger partial charge is 0.496 e. The summed E-state index contributed by atoms with van der Waals surface area (Å²) in [5, 5.41) is 9.24. The molecule has 24 heavy (non-hydrogen) atoms. The number of carbonyl (C=O) groups is 1. The van der Waals surface area contributed by atoms with Gasteiger partial charge in [0.25, 0.3) is 0 Å². The maximum Gasteiger partial charge on any atom is 0.227 e. The van der Waals surface area contributed by atoms with E-state index in [1.165, 1.54) is 5.56 Å². The molecule has 0 aromatic heterocycles. The highest BCUT2D eigenvalue weighted by atomic mass is 16.5. The van der Waals surface area contributed by atoms with Crippen LogP contribution in [0.25, 0.3) is 0 Å². The molecule has 134 valence electrons. The molecule has 0 saturated carbocycles. The van der Waals surface area contributed by atoms with Crippen molar-refractivity contribution in [1.29, 1.82) is 0 Å². The van der Waals surface area contributed by atoms with Gasteiger partial charge in [-0.1, -0.05) is 17.7 Å². The van der Waals surface area contributed by atoms with E-state index in [2.05, 4.69) is 33.9 Å². The third kappa shape index (κ3) is 5.15. The van der Waals surface area contributed by atoms with Gasteiger partial charge in [-0.05, 0) is 33.8 Å². The Bertz CT molecular complexity index is 597. The van der Waals surface area contributed by atoms with Crippen LogP contribution in [0.2, 0.25) is 0 Å². The molecule has 0 aliphatic rings. The third-order valence-electron chi connectivity index (χ3n) is 3.97. The average Bonchev–Trinajstić information content (AvgIpc) is 2.57. The summed E-state index contributed by atoms with van der Waals surface area (Å²) in [4.78, 5) is 16.1. The van der Waals surface area contributed by atoms with Gasteiger partial charge < -0.3 is 20.7 Å². The first-order chi connectivity index (χ1) is 11.2. The van der Waals surface area contributed by atoms with Gasteiger partial charge in [0.2, 0.25) is 5.91 Å². The normalized spacial score (nSPS) is 13.2. The number of aliphatic imine (C=N–C) groups is 1. The fraction of sp³-hybridized carbons (Fsp3) is 0.556. The lowest BCUT2D eigenvalue weighted by Gasteiger charge is -2.26. The van der Waals surface area contributed by atoms with Gasteiger partial charge in [-0.2, -0.15) is 0 Å². The molecule has 0 aliphatic carbocycles. The number of ether oxygens (including phenoxy) is 1. The molecule has 0 fully saturated rings. The van der Waals surface area contributed by atoms with Gasteiger partial charge in [0.15, 0.2) is 5.96 Å². The second kappa shape index (κ2) is 8.57. The lowest BCUT2D eigenvalue weighted by Crippen LogP contribution is -2.47. The quantitative estimate of drug-likeness (QED) is 0.549. The van der Waals surface area contributed by atoms with E-state index in [9.17, 15) is 4.79 Å². The van der Waals surface area contributed by atoms with E-state index >= 15 is 0 Å². The van der Waals surface area contributed by atoms with E-state index in [1.54, 1.807) is 21.2 Å². The monoisotopic (exact) mass is 334 g/mol. The number of hydrogen-bond donors (Lipinski definition) is 3. The topological polar surface area (TPSA) is 74.8 Å². The number of amides is 1. The third-order valence-corrected chi connectivity index (χ3v) is 3.97. The average molecular weight is 334 g/mol. The van der Waals surface area contributed by atoms with Crippen molar-refractivity contribution in [1.82, 2.24) is 16.0 Å². The number of methoxy groups -OCH3 is 1. The lowest BCUT2D eigenvalue weighted by molar-refractivity contribution is -0.128. The van der Waals surface area contributed by atoms with Gasteiger partial charge in [-0.15, -0.1) is 0 Å². The molecular formula is C18H30N4O2. The molecule has 0 aliphatic heterocycles. The van der Waals surface area contributed by atoms with Crippen LogP contribution in [0.1, 0.15) is 37.9 Å². The van der Waals surface area contributed by atoms with E-state index in [1.807, 2.05) is 32.9 Å². The van der Waals surface area contributed by atoms with Crippen LogP contribution in [0.5, 0.6) is 5.75 Å². The Morgan fingerprint density at radius 1 is 1.38 bits per heavy atom. The Kier molecular flexibility index (Phi) is 7.07. The van der Waals surface area contributed by atoms with E-state index in [0.29, 0.717) is 12.5 Å². The van der Waals surface area contributed by atoms with Crippen LogP contribution in [0, 0.1) is 12.3 Å². The van der Waals surface area contributed by atoms with Gasteiger partial charge in [-0.25, -0.2) is 0 Å². The molecule has 6 nitrogen and oxygen atoms in total. The van der Waals surface area contributed by atoms with Crippen molar-refractivity contribution in [2.45, 2.75) is 33.7 Å². The Balaban J connectivity index is 2.79. The Morgan fingerprint density at radius 2 is 2.04 bits per heavy atom. The summed E-state index contributed by atoms with van der Waals surface area (Å²) >= 11 is 0. The lowest BCUT2D eigenvalue weighted by atomic mass is 9.92.